The van der Waals surface area contributed by atoms with E-state index in [4.69, 9.17) is 10.9 Å². The number of oxime groups is 1. The molecule has 1 unspecified atom stereocenters. The smallest absolute Gasteiger partial charge is 0.170 e. The number of sulfone groups is 1. The molecule has 0 radical (unpaired) electrons. The molecule has 1 atom stereocenters. The van der Waals surface area contributed by atoms with Crippen molar-refractivity contribution in [2.24, 2.45) is 10.9 Å². The Labute approximate surface area is 118 Å². The number of hydrogen-bond acceptors (Lipinski definition) is 5. The van der Waals surface area contributed by atoms with E-state index in [0.717, 1.165) is 5.56 Å². The Morgan fingerprint density at radius 3 is 2.80 bits per heavy atom. The van der Waals surface area contributed by atoms with Crippen LogP contribution in [0.5, 0.6) is 0 Å². The minimum absolute atomic E-state index is 0.0281. The first-order chi connectivity index (χ1) is 9.43. The molecule has 0 bridgehead atoms. The minimum atomic E-state index is -2.89. The maximum absolute atomic E-state index is 11.5. The van der Waals surface area contributed by atoms with E-state index >= 15 is 0 Å². The summed E-state index contributed by atoms with van der Waals surface area (Å²) in [5.41, 5.74) is 7.23. The maximum atomic E-state index is 11.5. The highest BCUT2D eigenvalue weighted by Gasteiger charge is 2.30. The Bertz CT molecular complexity index is 613. The maximum Gasteiger partial charge on any atom is 0.170 e. The normalized spacial score (nSPS) is 22.3. The van der Waals surface area contributed by atoms with E-state index in [2.05, 4.69) is 5.16 Å². The quantitative estimate of drug-likeness (QED) is 0.363. The van der Waals surface area contributed by atoms with Crippen molar-refractivity contribution in [1.29, 1.82) is 0 Å². The number of benzene rings is 1. The molecule has 0 spiro atoms. The van der Waals surface area contributed by atoms with Crippen molar-refractivity contribution in [3.05, 3.63) is 35.4 Å². The first kappa shape index (κ1) is 14.8. The van der Waals surface area contributed by atoms with Gasteiger partial charge in [-0.2, -0.15) is 0 Å². The average molecular weight is 297 g/mol. The summed E-state index contributed by atoms with van der Waals surface area (Å²) >= 11 is 0. The summed E-state index contributed by atoms with van der Waals surface area (Å²) in [4.78, 5) is 2.01. The average Bonchev–Trinajstić information content (AvgIpc) is 2.79. The van der Waals surface area contributed by atoms with Crippen LogP contribution >= 0.6 is 0 Å². The molecule has 1 fully saturated rings. The largest absolute Gasteiger partial charge is 0.409 e. The molecule has 3 N–H and O–H groups in total. The van der Waals surface area contributed by atoms with Crippen molar-refractivity contribution >= 4 is 15.7 Å². The van der Waals surface area contributed by atoms with Gasteiger partial charge in [-0.05, 0) is 19.0 Å². The van der Waals surface area contributed by atoms with E-state index in [1.54, 1.807) is 6.07 Å². The first-order valence-corrected chi connectivity index (χ1v) is 8.21. The van der Waals surface area contributed by atoms with Gasteiger partial charge in [0.25, 0.3) is 0 Å². The van der Waals surface area contributed by atoms with Crippen LogP contribution in [0.4, 0.5) is 0 Å². The highest BCUT2D eigenvalue weighted by molar-refractivity contribution is 7.91. The monoisotopic (exact) mass is 297 g/mol. The van der Waals surface area contributed by atoms with Gasteiger partial charge in [0.2, 0.25) is 0 Å². The third-order valence-electron chi connectivity index (χ3n) is 3.65. The molecule has 1 aliphatic rings. The summed E-state index contributed by atoms with van der Waals surface area (Å²) in [6, 6.07) is 7.40. The summed E-state index contributed by atoms with van der Waals surface area (Å²) in [7, 11) is -0.997. The SMILES string of the molecule is CN(Cc1ccccc1/C(N)=N/O)C1CCS(=O)(=O)C1. The van der Waals surface area contributed by atoms with Gasteiger partial charge in [-0.3, -0.25) is 4.90 Å². The zero-order valence-corrected chi connectivity index (χ0v) is 12.2. The number of rotatable bonds is 4. The molecule has 0 saturated carbocycles. The molecule has 1 saturated heterocycles. The minimum Gasteiger partial charge on any atom is -0.409 e. The Balaban J connectivity index is 2.14. The predicted octanol–water partition coefficient (Wildman–Crippen LogP) is 0.400. The number of nitrogens with two attached hydrogens (primary N) is 1. The molecule has 1 aliphatic heterocycles. The van der Waals surface area contributed by atoms with Crippen LogP contribution in [0.3, 0.4) is 0 Å². The lowest BCUT2D eigenvalue weighted by molar-refractivity contribution is 0.253. The fraction of sp³-hybridized carbons (Fsp3) is 0.462. The molecule has 0 aliphatic carbocycles. The second kappa shape index (κ2) is 5.80. The fourth-order valence-corrected chi connectivity index (χ4v) is 4.29. The van der Waals surface area contributed by atoms with Crippen molar-refractivity contribution in [3.8, 4) is 0 Å². The van der Waals surface area contributed by atoms with Crippen molar-refractivity contribution in [2.75, 3.05) is 18.6 Å². The molecule has 0 amide bonds. The highest BCUT2D eigenvalue weighted by atomic mass is 32.2. The van der Waals surface area contributed by atoms with Crippen LogP contribution in [0.15, 0.2) is 29.4 Å². The number of amidine groups is 1. The third kappa shape index (κ3) is 3.29. The molecule has 110 valence electrons. The Morgan fingerprint density at radius 2 is 2.20 bits per heavy atom. The van der Waals surface area contributed by atoms with Crippen LogP contribution in [0.2, 0.25) is 0 Å². The Morgan fingerprint density at radius 1 is 1.50 bits per heavy atom. The zero-order chi connectivity index (χ0) is 14.8. The molecular formula is C13H19N3O3S. The van der Waals surface area contributed by atoms with Crippen molar-refractivity contribution < 1.29 is 13.6 Å². The molecule has 2 rings (SSSR count). The molecule has 1 aromatic rings. The summed E-state index contributed by atoms with van der Waals surface area (Å²) in [5.74, 6) is 0.520. The van der Waals surface area contributed by atoms with Crippen molar-refractivity contribution in [3.63, 3.8) is 0 Å². The highest BCUT2D eigenvalue weighted by Crippen LogP contribution is 2.19. The van der Waals surface area contributed by atoms with Crippen LogP contribution < -0.4 is 5.73 Å². The Hall–Kier alpha value is -1.60. The standard InChI is InChI=1S/C13H19N3O3S/c1-16(11-6-7-20(18,19)9-11)8-10-4-2-3-5-12(10)13(14)15-17/h2-5,11,17H,6-9H2,1H3,(H2,14,15). The first-order valence-electron chi connectivity index (χ1n) is 6.39. The van der Waals surface area contributed by atoms with Crippen LogP contribution in [-0.2, 0) is 16.4 Å². The second-order valence-electron chi connectivity index (χ2n) is 5.11. The second-order valence-corrected chi connectivity index (χ2v) is 7.34. The Kier molecular flexibility index (Phi) is 4.29. The van der Waals surface area contributed by atoms with Gasteiger partial charge >= 0.3 is 0 Å². The topological polar surface area (TPSA) is 96.0 Å². The predicted molar refractivity (Wildman–Crippen MR) is 77.5 cm³/mol. The molecule has 1 aromatic carbocycles. The van der Waals surface area contributed by atoms with E-state index < -0.39 is 9.84 Å². The van der Waals surface area contributed by atoms with E-state index in [1.165, 1.54) is 0 Å². The number of nitrogens with zero attached hydrogens (tertiary/aromatic N) is 2. The lowest BCUT2D eigenvalue weighted by atomic mass is 10.1. The van der Waals surface area contributed by atoms with Gasteiger partial charge in [-0.25, -0.2) is 8.42 Å². The van der Waals surface area contributed by atoms with Gasteiger partial charge in [0.15, 0.2) is 15.7 Å². The summed E-state index contributed by atoms with van der Waals surface area (Å²) in [5, 5.41) is 11.8. The number of hydrogen-bond donors (Lipinski definition) is 2. The molecule has 7 heteroatoms. The van der Waals surface area contributed by atoms with Crippen molar-refractivity contribution in [2.45, 2.75) is 19.0 Å². The van der Waals surface area contributed by atoms with Gasteiger partial charge < -0.3 is 10.9 Å². The van der Waals surface area contributed by atoms with E-state index in [-0.39, 0.29) is 23.4 Å². The van der Waals surface area contributed by atoms with E-state index in [1.807, 2.05) is 30.1 Å². The lowest BCUT2D eigenvalue weighted by Gasteiger charge is -2.24. The van der Waals surface area contributed by atoms with Gasteiger partial charge in [0.05, 0.1) is 11.5 Å². The van der Waals surface area contributed by atoms with Gasteiger partial charge in [0.1, 0.15) is 0 Å². The van der Waals surface area contributed by atoms with Gasteiger partial charge in [-0.1, -0.05) is 29.4 Å². The van der Waals surface area contributed by atoms with E-state index in [0.29, 0.717) is 18.5 Å². The van der Waals surface area contributed by atoms with Crippen LogP contribution in [0.25, 0.3) is 0 Å². The summed E-state index contributed by atoms with van der Waals surface area (Å²) in [6.07, 6.45) is 0.657. The van der Waals surface area contributed by atoms with Crippen molar-refractivity contribution in [1.82, 2.24) is 4.90 Å². The van der Waals surface area contributed by atoms with Gasteiger partial charge in [0, 0.05) is 18.2 Å². The molecule has 1 heterocycles. The summed E-state index contributed by atoms with van der Waals surface area (Å²) < 4.78 is 23.0. The molecule has 20 heavy (non-hydrogen) atoms. The lowest BCUT2D eigenvalue weighted by Crippen LogP contribution is -2.33. The third-order valence-corrected chi connectivity index (χ3v) is 5.40. The van der Waals surface area contributed by atoms with E-state index in [9.17, 15) is 8.42 Å². The van der Waals surface area contributed by atoms with Crippen LogP contribution in [-0.4, -0.2) is 49.0 Å². The zero-order valence-electron chi connectivity index (χ0n) is 11.4. The van der Waals surface area contributed by atoms with Crippen LogP contribution in [0, 0.1) is 0 Å². The molecule has 0 aromatic heterocycles. The molecule has 6 nitrogen and oxygen atoms in total. The van der Waals surface area contributed by atoms with Gasteiger partial charge in [-0.15, -0.1) is 0 Å². The summed E-state index contributed by atoms with van der Waals surface area (Å²) in [6.45, 7) is 0.562. The van der Waals surface area contributed by atoms with Crippen LogP contribution in [0.1, 0.15) is 17.5 Å². The fourth-order valence-electron chi connectivity index (χ4n) is 2.48. The molecular weight excluding hydrogens is 278 g/mol.